The summed E-state index contributed by atoms with van der Waals surface area (Å²) in [5, 5.41) is 3.25. The van der Waals surface area contributed by atoms with Crippen LogP contribution in [0.5, 0.6) is 0 Å². The van der Waals surface area contributed by atoms with E-state index in [1.807, 2.05) is 48.5 Å². The van der Waals surface area contributed by atoms with Crippen LogP contribution in [0, 0.1) is 0 Å². The Bertz CT molecular complexity index is 949. The van der Waals surface area contributed by atoms with Gasteiger partial charge in [0.25, 0.3) is 0 Å². The number of methoxy groups -OCH3 is 1. The molecule has 1 N–H and O–H groups in total. The lowest BCUT2D eigenvalue weighted by atomic mass is 10.0. The molecule has 0 atom stereocenters. The molecular weight excluding hydrogens is 386 g/mol. The molecule has 3 aromatic rings. The summed E-state index contributed by atoms with van der Waals surface area (Å²) in [7, 11) is 1.32. The third kappa shape index (κ3) is 5.12. The van der Waals surface area contributed by atoms with Gasteiger partial charge in [-0.3, -0.25) is 9.69 Å². The Morgan fingerprint density at radius 1 is 1.14 bits per heavy atom. The molecule has 2 amide bonds. The summed E-state index contributed by atoms with van der Waals surface area (Å²) in [6, 6.07) is 15.9. The molecule has 1 aromatic heterocycles. The Morgan fingerprint density at radius 3 is 2.52 bits per heavy atom. The number of amides is 2. The van der Waals surface area contributed by atoms with E-state index in [1.54, 1.807) is 4.90 Å². The van der Waals surface area contributed by atoms with Crippen LogP contribution in [0.25, 0.3) is 10.2 Å². The lowest BCUT2D eigenvalue weighted by Crippen LogP contribution is -2.28. The molecule has 152 valence electrons. The minimum atomic E-state index is -0.496. The van der Waals surface area contributed by atoms with Crippen LogP contribution in [0.2, 0.25) is 0 Å². The first-order valence-electron chi connectivity index (χ1n) is 9.60. The maximum atomic E-state index is 13.1. The fourth-order valence-corrected chi connectivity index (χ4v) is 3.94. The number of aromatic nitrogens is 1. The molecule has 3 rings (SSSR count). The van der Waals surface area contributed by atoms with E-state index in [1.165, 1.54) is 24.0 Å². The molecular formula is C22H25N3O3S. The van der Waals surface area contributed by atoms with Gasteiger partial charge in [-0.2, -0.15) is 0 Å². The van der Waals surface area contributed by atoms with Crippen LogP contribution in [-0.2, 0) is 9.53 Å². The molecule has 0 spiro atoms. The van der Waals surface area contributed by atoms with Crippen LogP contribution in [0.15, 0.2) is 48.5 Å². The number of hydrogen-bond donors (Lipinski definition) is 1. The van der Waals surface area contributed by atoms with Gasteiger partial charge >= 0.3 is 6.09 Å². The number of hydrogen-bond acceptors (Lipinski definition) is 5. The largest absolute Gasteiger partial charge is 0.453 e. The van der Waals surface area contributed by atoms with Crippen molar-refractivity contribution in [1.82, 2.24) is 10.3 Å². The van der Waals surface area contributed by atoms with Crippen molar-refractivity contribution in [2.24, 2.45) is 0 Å². The van der Waals surface area contributed by atoms with Crippen molar-refractivity contribution in [3.63, 3.8) is 0 Å². The van der Waals surface area contributed by atoms with Gasteiger partial charge < -0.3 is 10.1 Å². The van der Waals surface area contributed by atoms with Crippen LogP contribution < -0.4 is 10.2 Å². The van der Waals surface area contributed by atoms with Gasteiger partial charge in [0.1, 0.15) is 0 Å². The Labute approximate surface area is 174 Å². The SMILES string of the molecule is COC(=O)NCCCC(=O)N(c1ccc(C(C)C)cc1)c1nc2ccccc2s1. The highest BCUT2D eigenvalue weighted by Crippen LogP contribution is 2.34. The summed E-state index contributed by atoms with van der Waals surface area (Å²) in [5.41, 5.74) is 2.88. The van der Waals surface area contributed by atoms with E-state index in [9.17, 15) is 9.59 Å². The Balaban J connectivity index is 1.84. The maximum Gasteiger partial charge on any atom is 0.406 e. The second-order valence-electron chi connectivity index (χ2n) is 6.96. The molecule has 0 aliphatic rings. The number of alkyl carbamates (subject to hydrolysis) is 1. The number of anilines is 2. The lowest BCUT2D eigenvalue weighted by Gasteiger charge is -2.21. The smallest absolute Gasteiger partial charge is 0.406 e. The first-order valence-corrected chi connectivity index (χ1v) is 10.4. The maximum absolute atomic E-state index is 13.1. The van der Waals surface area contributed by atoms with Crippen molar-refractivity contribution in [3.05, 3.63) is 54.1 Å². The number of para-hydroxylation sites is 1. The highest BCUT2D eigenvalue weighted by atomic mass is 32.1. The van der Waals surface area contributed by atoms with Gasteiger partial charge in [-0.05, 0) is 42.2 Å². The standard InChI is InChI=1S/C22H25N3O3S/c1-15(2)16-10-12-17(13-11-16)25(20(26)9-6-14-23-22(27)28-3)21-24-18-7-4-5-8-19(18)29-21/h4-5,7-8,10-13,15H,6,9,14H2,1-3H3,(H,23,27). The zero-order valence-electron chi connectivity index (χ0n) is 16.8. The minimum absolute atomic E-state index is 0.0620. The van der Waals surface area contributed by atoms with Gasteiger partial charge in [-0.25, -0.2) is 9.78 Å². The van der Waals surface area contributed by atoms with Gasteiger partial charge in [0.2, 0.25) is 5.91 Å². The van der Waals surface area contributed by atoms with Gasteiger partial charge in [-0.15, -0.1) is 0 Å². The molecule has 0 radical (unpaired) electrons. The molecule has 7 heteroatoms. The summed E-state index contributed by atoms with van der Waals surface area (Å²) >= 11 is 1.49. The molecule has 2 aromatic carbocycles. The Kier molecular flexibility index (Phi) is 6.82. The zero-order valence-corrected chi connectivity index (χ0v) is 17.7. The fraction of sp³-hybridized carbons (Fsp3) is 0.318. The quantitative estimate of drug-likeness (QED) is 0.541. The van der Waals surface area contributed by atoms with Crippen LogP contribution in [0.4, 0.5) is 15.6 Å². The number of nitrogens with one attached hydrogen (secondary N) is 1. The third-order valence-corrected chi connectivity index (χ3v) is 5.58. The molecule has 0 aliphatic heterocycles. The number of carbonyl (C=O) groups excluding carboxylic acids is 2. The van der Waals surface area contributed by atoms with E-state index < -0.39 is 6.09 Å². The second-order valence-corrected chi connectivity index (χ2v) is 7.97. The van der Waals surface area contributed by atoms with Gasteiger partial charge in [-0.1, -0.05) is 49.4 Å². The van der Waals surface area contributed by atoms with Crippen LogP contribution in [0.1, 0.15) is 38.2 Å². The normalized spacial score (nSPS) is 10.9. The predicted molar refractivity (Wildman–Crippen MR) is 117 cm³/mol. The van der Waals surface area contributed by atoms with Crippen molar-refractivity contribution in [3.8, 4) is 0 Å². The third-order valence-electron chi connectivity index (χ3n) is 4.56. The van der Waals surface area contributed by atoms with E-state index in [0.717, 1.165) is 15.9 Å². The number of thiazole rings is 1. The van der Waals surface area contributed by atoms with Crippen molar-refractivity contribution in [1.29, 1.82) is 0 Å². The molecule has 6 nitrogen and oxygen atoms in total. The van der Waals surface area contributed by atoms with Crippen molar-refractivity contribution in [2.75, 3.05) is 18.6 Å². The highest BCUT2D eigenvalue weighted by molar-refractivity contribution is 7.22. The summed E-state index contributed by atoms with van der Waals surface area (Å²) in [6.45, 7) is 4.65. The summed E-state index contributed by atoms with van der Waals surface area (Å²) < 4.78 is 5.59. The summed E-state index contributed by atoms with van der Waals surface area (Å²) in [4.78, 5) is 30.6. The van der Waals surface area contributed by atoms with Crippen LogP contribution in [-0.4, -0.2) is 30.6 Å². The van der Waals surface area contributed by atoms with Crippen LogP contribution >= 0.6 is 11.3 Å². The first-order chi connectivity index (χ1) is 14.0. The molecule has 0 fully saturated rings. The number of ether oxygens (including phenoxy) is 1. The molecule has 29 heavy (non-hydrogen) atoms. The zero-order chi connectivity index (χ0) is 20.8. The lowest BCUT2D eigenvalue weighted by molar-refractivity contribution is -0.118. The average molecular weight is 412 g/mol. The molecule has 0 bridgehead atoms. The number of rotatable bonds is 7. The van der Waals surface area contributed by atoms with E-state index in [0.29, 0.717) is 24.0 Å². The molecule has 0 aliphatic carbocycles. The Morgan fingerprint density at radius 2 is 1.86 bits per heavy atom. The second kappa shape index (κ2) is 9.52. The number of fused-ring (bicyclic) bond motifs is 1. The number of benzene rings is 2. The fourth-order valence-electron chi connectivity index (χ4n) is 2.94. The van der Waals surface area contributed by atoms with E-state index >= 15 is 0 Å². The first kappa shape index (κ1) is 20.8. The molecule has 0 saturated carbocycles. The summed E-state index contributed by atoms with van der Waals surface area (Å²) in [5.74, 6) is 0.355. The molecule has 0 unspecified atom stereocenters. The number of carbonyl (C=O) groups is 2. The minimum Gasteiger partial charge on any atom is -0.453 e. The van der Waals surface area contributed by atoms with Crippen molar-refractivity contribution >= 4 is 44.4 Å². The van der Waals surface area contributed by atoms with Crippen molar-refractivity contribution < 1.29 is 14.3 Å². The Hall–Kier alpha value is -2.93. The van der Waals surface area contributed by atoms with E-state index in [2.05, 4.69) is 28.9 Å². The highest BCUT2D eigenvalue weighted by Gasteiger charge is 2.21. The van der Waals surface area contributed by atoms with Gasteiger partial charge in [0, 0.05) is 13.0 Å². The van der Waals surface area contributed by atoms with E-state index in [-0.39, 0.29) is 12.3 Å². The van der Waals surface area contributed by atoms with Gasteiger partial charge in [0.15, 0.2) is 5.13 Å². The predicted octanol–water partition coefficient (Wildman–Crippen LogP) is 5.22. The average Bonchev–Trinajstić information content (AvgIpc) is 3.15. The topological polar surface area (TPSA) is 71.5 Å². The monoisotopic (exact) mass is 411 g/mol. The number of nitrogens with zero attached hydrogens (tertiary/aromatic N) is 2. The summed E-state index contributed by atoms with van der Waals surface area (Å²) in [6.07, 6.45) is 0.301. The van der Waals surface area contributed by atoms with Gasteiger partial charge in [0.05, 0.1) is 23.0 Å². The molecule has 0 saturated heterocycles. The van der Waals surface area contributed by atoms with Crippen LogP contribution in [0.3, 0.4) is 0 Å². The molecule has 1 heterocycles. The van der Waals surface area contributed by atoms with E-state index in [4.69, 9.17) is 0 Å². The van der Waals surface area contributed by atoms with Crippen molar-refractivity contribution in [2.45, 2.75) is 32.6 Å².